The van der Waals surface area contributed by atoms with Gasteiger partial charge in [-0.15, -0.1) is 11.8 Å². The van der Waals surface area contributed by atoms with E-state index in [0.717, 1.165) is 0 Å². The van der Waals surface area contributed by atoms with E-state index in [4.69, 9.17) is 5.11 Å². The topological polar surface area (TPSA) is 86.7 Å². The molecule has 1 saturated heterocycles. The van der Waals surface area contributed by atoms with E-state index in [1.807, 2.05) is 13.8 Å². The van der Waals surface area contributed by atoms with Crippen molar-refractivity contribution in [3.8, 4) is 0 Å². The molecule has 6 nitrogen and oxygen atoms in total. The summed E-state index contributed by atoms with van der Waals surface area (Å²) >= 11 is 1.49. The Morgan fingerprint density at radius 1 is 1.42 bits per heavy atom. The number of carbonyl (C=O) groups excluding carboxylic acids is 2. The highest BCUT2D eigenvalue weighted by atomic mass is 32.2. The second-order valence-corrected chi connectivity index (χ2v) is 6.03. The third-order valence-corrected chi connectivity index (χ3v) is 3.92. The maximum atomic E-state index is 12.1. The molecular formula is C12H20N2O4S. The molecule has 0 radical (unpaired) electrons. The molecule has 2 atom stereocenters. The fraction of sp³-hybridized carbons (Fsp3) is 0.750. The van der Waals surface area contributed by atoms with Gasteiger partial charge in [-0.3, -0.25) is 9.59 Å². The SMILES string of the molecule is CC(=O)N1CSC[C@@H]1C(=O)N[C@H](CC(C)C)C(=O)O. The summed E-state index contributed by atoms with van der Waals surface area (Å²) in [5.41, 5.74) is 0. The smallest absolute Gasteiger partial charge is 0.326 e. The predicted molar refractivity (Wildman–Crippen MR) is 72.7 cm³/mol. The molecule has 0 spiro atoms. The molecule has 0 bridgehead atoms. The van der Waals surface area contributed by atoms with Gasteiger partial charge in [-0.25, -0.2) is 4.79 Å². The minimum atomic E-state index is -1.04. The van der Waals surface area contributed by atoms with Crippen molar-refractivity contribution >= 4 is 29.5 Å². The summed E-state index contributed by atoms with van der Waals surface area (Å²) in [6.45, 7) is 5.21. The Kier molecular flexibility index (Phi) is 5.65. The van der Waals surface area contributed by atoms with Gasteiger partial charge in [0.05, 0.1) is 5.88 Å². The van der Waals surface area contributed by atoms with Crippen LogP contribution in [0, 0.1) is 5.92 Å². The Labute approximate surface area is 116 Å². The Morgan fingerprint density at radius 2 is 2.05 bits per heavy atom. The summed E-state index contributed by atoms with van der Waals surface area (Å²) in [6.07, 6.45) is 0.376. The number of nitrogens with one attached hydrogen (secondary N) is 1. The van der Waals surface area contributed by atoms with Crippen LogP contribution in [0.25, 0.3) is 0 Å². The Bertz CT molecular complexity index is 373. The largest absolute Gasteiger partial charge is 0.480 e. The van der Waals surface area contributed by atoms with Gasteiger partial charge in [0.15, 0.2) is 0 Å². The van der Waals surface area contributed by atoms with Gasteiger partial charge in [-0.05, 0) is 12.3 Å². The third-order valence-electron chi connectivity index (χ3n) is 2.91. The van der Waals surface area contributed by atoms with Crippen molar-refractivity contribution in [3.05, 3.63) is 0 Å². The molecule has 0 aliphatic carbocycles. The van der Waals surface area contributed by atoms with Crippen molar-refractivity contribution in [2.24, 2.45) is 5.92 Å². The van der Waals surface area contributed by atoms with Crippen LogP contribution >= 0.6 is 11.8 Å². The van der Waals surface area contributed by atoms with E-state index in [1.54, 1.807) is 0 Å². The molecule has 7 heteroatoms. The Balaban J connectivity index is 2.66. The highest BCUT2D eigenvalue weighted by molar-refractivity contribution is 7.99. The standard InChI is InChI=1S/C12H20N2O4S/c1-7(2)4-9(12(17)18)13-11(16)10-5-19-6-14(10)8(3)15/h7,9-10H,4-6H2,1-3H3,(H,13,16)(H,17,18)/t9-,10-/m1/s1. The van der Waals surface area contributed by atoms with Crippen LogP contribution < -0.4 is 5.32 Å². The van der Waals surface area contributed by atoms with E-state index >= 15 is 0 Å². The fourth-order valence-corrected chi connectivity index (χ4v) is 3.15. The first-order valence-electron chi connectivity index (χ1n) is 6.21. The van der Waals surface area contributed by atoms with Crippen LogP contribution in [0.3, 0.4) is 0 Å². The van der Waals surface area contributed by atoms with E-state index in [2.05, 4.69) is 5.32 Å². The van der Waals surface area contributed by atoms with Crippen molar-refractivity contribution in [2.75, 3.05) is 11.6 Å². The van der Waals surface area contributed by atoms with Gasteiger partial charge in [0.1, 0.15) is 12.1 Å². The summed E-state index contributed by atoms with van der Waals surface area (Å²) in [6, 6.07) is -1.46. The molecule has 2 N–H and O–H groups in total. The zero-order valence-corrected chi connectivity index (χ0v) is 12.2. The van der Waals surface area contributed by atoms with Gasteiger partial charge in [0, 0.05) is 12.7 Å². The monoisotopic (exact) mass is 288 g/mol. The first-order chi connectivity index (χ1) is 8.82. The molecule has 0 aromatic carbocycles. The van der Waals surface area contributed by atoms with E-state index in [9.17, 15) is 14.4 Å². The van der Waals surface area contributed by atoms with Gasteiger partial charge in [0.2, 0.25) is 11.8 Å². The summed E-state index contributed by atoms with van der Waals surface area (Å²) < 4.78 is 0. The maximum absolute atomic E-state index is 12.1. The lowest BCUT2D eigenvalue weighted by atomic mass is 10.0. The second-order valence-electron chi connectivity index (χ2n) is 5.03. The molecule has 1 rings (SSSR count). The molecular weight excluding hydrogens is 268 g/mol. The molecule has 19 heavy (non-hydrogen) atoms. The van der Waals surface area contributed by atoms with Gasteiger partial charge in [0.25, 0.3) is 0 Å². The zero-order chi connectivity index (χ0) is 14.6. The lowest BCUT2D eigenvalue weighted by molar-refractivity contribution is -0.143. The van der Waals surface area contributed by atoms with Crippen LogP contribution in [0.2, 0.25) is 0 Å². The number of rotatable bonds is 5. The molecule has 0 unspecified atom stereocenters. The molecule has 108 valence electrons. The molecule has 0 aromatic heterocycles. The van der Waals surface area contributed by atoms with E-state index < -0.39 is 18.1 Å². The van der Waals surface area contributed by atoms with E-state index in [1.165, 1.54) is 23.6 Å². The van der Waals surface area contributed by atoms with Crippen molar-refractivity contribution < 1.29 is 19.5 Å². The quantitative estimate of drug-likeness (QED) is 0.770. The average Bonchev–Trinajstić information content (AvgIpc) is 2.76. The van der Waals surface area contributed by atoms with Gasteiger partial charge in [-0.2, -0.15) is 0 Å². The number of hydrogen-bond donors (Lipinski definition) is 2. The summed E-state index contributed by atoms with van der Waals surface area (Å²) in [5, 5.41) is 11.6. The maximum Gasteiger partial charge on any atom is 0.326 e. The van der Waals surface area contributed by atoms with Crippen LogP contribution in [-0.4, -0.2) is 51.5 Å². The minimum absolute atomic E-state index is 0.166. The Hall–Kier alpha value is -1.24. The van der Waals surface area contributed by atoms with E-state index in [-0.39, 0.29) is 17.7 Å². The predicted octanol–water partition coefficient (Wildman–Crippen LogP) is 0.523. The summed E-state index contributed by atoms with van der Waals surface area (Å²) in [5.74, 6) is -0.422. The number of carboxylic acids is 1. The normalized spacial score (nSPS) is 20.4. The van der Waals surface area contributed by atoms with Crippen LogP contribution in [0.15, 0.2) is 0 Å². The number of aliphatic carboxylic acids is 1. The van der Waals surface area contributed by atoms with Crippen molar-refractivity contribution in [2.45, 2.75) is 39.3 Å². The van der Waals surface area contributed by atoms with Crippen LogP contribution in [0.5, 0.6) is 0 Å². The highest BCUT2D eigenvalue weighted by Crippen LogP contribution is 2.21. The van der Waals surface area contributed by atoms with E-state index in [0.29, 0.717) is 18.1 Å². The lowest BCUT2D eigenvalue weighted by Gasteiger charge is -2.24. The molecule has 1 aliphatic heterocycles. The fourth-order valence-electron chi connectivity index (χ4n) is 1.93. The van der Waals surface area contributed by atoms with Gasteiger partial charge < -0.3 is 15.3 Å². The second kappa shape index (κ2) is 6.79. The molecule has 0 aromatic rings. The van der Waals surface area contributed by atoms with Crippen molar-refractivity contribution in [1.82, 2.24) is 10.2 Å². The molecule has 2 amide bonds. The van der Waals surface area contributed by atoms with Crippen molar-refractivity contribution in [3.63, 3.8) is 0 Å². The van der Waals surface area contributed by atoms with Crippen LogP contribution in [0.1, 0.15) is 27.2 Å². The van der Waals surface area contributed by atoms with Crippen molar-refractivity contribution in [1.29, 1.82) is 0 Å². The molecule has 1 heterocycles. The minimum Gasteiger partial charge on any atom is -0.480 e. The highest BCUT2D eigenvalue weighted by Gasteiger charge is 2.34. The first-order valence-corrected chi connectivity index (χ1v) is 7.36. The Morgan fingerprint density at radius 3 is 2.53 bits per heavy atom. The molecule has 1 aliphatic rings. The molecule has 1 fully saturated rings. The lowest BCUT2D eigenvalue weighted by Crippen LogP contribution is -2.51. The number of hydrogen-bond acceptors (Lipinski definition) is 4. The van der Waals surface area contributed by atoms with Gasteiger partial charge in [-0.1, -0.05) is 13.8 Å². The average molecular weight is 288 g/mol. The van der Waals surface area contributed by atoms with Crippen LogP contribution in [-0.2, 0) is 14.4 Å². The number of carbonyl (C=O) groups is 3. The first kappa shape index (κ1) is 15.8. The number of thioether (sulfide) groups is 1. The summed E-state index contributed by atoms with van der Waals surface area (Å²) in [7, 11) is 0. The molecule has 0 saturated carbocycles. The third kappa shape index (κ3) is 4.41. The number of nitrogens with zero attached hydrogens (tertiary/aromatic N) is 1. The zero-order valence-electron chi connectivity index (χ0n) is 11.4. The van der Waals surface area contributed by atoms with Gasteiger partial charge >= 0.3 is 5.97 Å². The summed E-state index contributed by atoms with van der Waals surface area (Å²) in [4.78, 5) is 36.0. The van der Waals surface area contributed by atoms with Crippen LogP contribution in [0.4, 0.5) is 0 Å². The number of carboxylic acid groups (broad SMARTS) is 1. The number of amides is 2.